The summed E-state index contributed by atoms with van der Waals surface area (Å²) in [5.41, 5.74) is 0.145. The van der Waals surface area contributed by atoms with E-state index in [0.29, 0.717) is 10.8 Å². The summed E-state index contributed by atoms with van der Waals surface area (Å²) < 4.78 is 10.6. The van der Waals surface area contributed by atoms with E-state index in [9.17, 15) is 9.90 Å². The molecule has 0 spiro atoms. The van der Waals surface area contributed by atoms with E-state index in [-0.39, 0.29) is 22.9 Å². The van der Waals surface area contributed by atoms with E-state index >= 15 is 0 Å². The van der Waals surface area contributed by atoms with Crippen LogP contribution in [0, 0.1) is 0 Å². The minimum atomic E-state index is -0.516. The van der Waals surface area contributed by atoms with Gasteiger partial charge in [-0.3, -0.25) is 9.89 Å². The molecule has 3 rings (SSSR count). The predicted octanol–water partition coefficient (Wildman–Crippen LogP) is 3.63. The number of aromatic amines is 1. The SMILES string of the molecule is O=C(C=C(O)c1nc[nH]n1)c1cocc1Oc1cccc(Cl)c1. The average molecular weight is 332 g/mol. The second kappa shape index (κ2) is 6.37. The number of allylic oxidation sites excluding steroid dienone is 1. The lowest BCUT2D eigenvalue weighted by molar-refractivity contribution is 0.104. The van der Waals surface area contributed by atoms with Gasteiger partial charge in [0.25, 0.3) is 0 Å². The summed E-state index contributed by atoms with van der Waals surface area (Å²) >= 11 is 5.88. The zero-order valence-corrected chi connectivity index (χ0v) is 12.3. The maximum absolute atomic E-state index is 12.2. The quantitative estimate of drug-likeness (QED) is 0.420. The van der Waals surface area contributed by atoms with Crippen molar-refractivity contribution in [2.45, 2.75) is 0 Å². The third kappa shape index (κ3) is 3.41. The minimum absolute atomic E-state index is 0.0131. The molecule has 0 bridgehead atoms. The number of H-pyrrole nitrogens is 1. The maximum atomic E-state index is 12.2. The van der Waals surface area contributed by atoms with E-state index < -0.39 is 5.78 Å². The number of aromatic nitrogens is 3. The Morgan fingerprint density at radius 1 is 1.39 bits per heavy atom. The first-order chi connectivity index (χ1) is 11.1. The highest BCUT2D eigenvalue weighted by atomic mass is 35.5. The normalized spacial score (nSPS) is 11.4. The van der Waals surface area contributed by atoms with E-state index in [4.69, 9.17) is 20.8 Å². The monoisotopic (exact) mass is 331 g/mol. The van der Waals surface area contributed by atoms with Crippen LogP contribution in [-0.2, 0) is 0 Å². The molecule has 8 heteroatoms. The van der Waals surface area contributed by atoms with Gasteiger partial charge in [0, 0.05) is 11.1 Å². The molecule has 1 aromatic carbocycles. The van der Waals surface area contributed by atoms with Crippen molar-refractivity contribution in [1.82, 2.24) is 15.2 Å². The fourth-order valence-corrected chi connectivity index (χ4v) is 1.98. The van der Waals surface area contributed by atoms with E-state index in [0.717, 1.165) is 6.08 Å². The molecule has 0 aliphatic rings. The Bertz CT molecular complexity index is 855. The van der Waals surface area contributed by atoms with Gasteiger partial charge < -0.3 is 14.3 Å². The smallest absolute Gasteiger partial charge is 0.215 e. The van der Waals surface area contributed by atoms with Gasteiger partial charge in [0.2, 0.25) is 5.82 Å². The average Bonchev–Trinajstić information content (AvgIpc) is 3.18. The van der Waals surface area contributed by atoms with Crippen molar-refractivity contribution in [1.29, 1.82) is 0 Å². The highest BCUT2D eigenvalue weighted by molar-refractivity contribution is 6.30. The summed E-state index contributed by atoms with van der Waals surface area (Å²) in [6, 6.07) is 6.71. The van der Waals surface area contributed by atoms with E-state index in [2.05, 4.69) is 15.2 Å². The number of ether oxygens (including phenoxy) is 1. The number of aliphatic hydroxyl groups excluding tert-OH is 1. The summed E-state index contributed by atoms with van der Waals surface area (Å²) in [5.74, 6) is -0.213. The van der Waals surface area contributed by atoms with Crippen LogP contribution in [0.5, 0.6) is 11.5 Å². The van der Waals surface area contributed by atoms with Crippen molar-refractivity contribution in [3.05, 3.63) is 65.6 Å². The Balaban J connectivity index is 1.83. The van der Waals surface area contributed by atoms with Gasteiger partial charge in [-0.25, -0.2) is 4.98 Å². The molecule has 2 heterocycles. The zero-order valence-electron chi connectivity index (χ0n) is 11.6. The molecule has 0 atom stereocenters. The maximum Gasteiger partial charge on any atom is 0.215 e. The molecule has 0 fully saturated rings. The van der Waals surface area contributed by atoms with Crippen molar-refractivity contribution in [3.63, 3.8) is 0 Å². The number of furan rings is 1. The molecule has 0 unspecified atom stereocenters. The number of ketones is 1. The van der Waals surface area contributed by atoms with Crippen LogP contribution in [0.1, 0.15) is 16.2 Å². The summed E-state index contributed by atoms with van der Waals surface area (Å²) in [4.78, 5) is 16.0. The number of carbonyl (C=O) groups is 1. The number of hydrogen-bond donors (Lipinski definition) is 2. The van der Waals surface area contributed by atoms with Crippen molar-refractivity contribution in [3.8, 4) is 11.5 Å². The first-order valence-electron chi connectivity index (χ1n) is 6.44. The molecule has 116 valence electrons. The van der Waals surface area contributed by atoms with Crippen LogP contribution in [0.25, 0.3) is 5.76 Å². The minimum Gasteiger partial charge on any atom is -0.504 e. The van der Waals surface area contributed by atoms with Crippen LogP contribution >= 0.6 is 11.6 Å². The topological polar surface area (TPSA) is 101 Å². The number of hydrogen-bond acceptors (Lipinski definition) is 6. The molecular formula is C15H10ClN3O4. The fourth-order valence-electron chi connectivity index (χ4n) is 1.80. The number of aliphatic hydroxyl groups is 1. The molecule has 0 amide bonds. The Kier molecular flexibility index (Phi) is 4.11. The molecule has 0 aliphatic carbocycles. The first-order valence-corrected chi connectivity index (χ1v) is 6.82. The van der Waals surface area contributed by atoms with Gasteiger partial charge in [-0.15, -0.1) is 0 Å². The lowest BCUT2D eigenvalue weighted by Gasteiger charge is -2.04. The summed E-state index contributed by atoms with van der Waals surface area (Å²) in [5, 5.41) is 16.4. The van der Waals surface area contributed by atoms with Crippen LogP contribution < -0.4 is 4.74 Å². The second-order valence-electron chi connectivity index (χ2n) is 4.43. The van der Waals surface area contributed by atoms with E-state index in [1.165, 1.54) is 18.9 Å². The molecule has 3 aromatic rings. The number of carbonyl (C=O) groups excluding carboxylic acids is 1. The van der Waals surface area contributed by atoms with E-state index in [1.54, 1.807) is 24.3 Å². The zero-order chi connectivity index (χ0) is 16.2. The molecule has 0 saturated carbocycles. The van der Waals surface area contributed by atoms with Gasteiger partial charge in [0.05, 0.1) is 0 Å². The predicted molar refractivity (Wildman–Crippen MR) is 81.6 cm³/mol. The number of halogens is 1. The standard InChI is InChI=1S/C15H10ClN3O4/c16-9-2-1-3-10(4-9)23-14-7-22-6-11(14)12(20)5-13(21)15-17-8-18-19-15/h1-8,21H,(H,17,18,19). The Morgan fingerprint density at radius 3 is 3.00 bits per heavy atom. The number of nitrogens with one attached hydrogen (secondary N) is 1. The van der Waals surface area contributed by atoms with Crippen LogP contribution in [0.15, 0.2) is 53.6 Å². The first kappa shape index (κ1) is 14.9. The molecule has 0 radical (unpaired) electrons. The lowest BCUT2D eigenvalue weighted by Crippen LogP contribution is -1.98. The van der Waals surface area contributed by atoms with Crippen molar-refractivity contribution >= 4 is 23.1 Å². The van der Waals surface area contributed by atoms with Crippen LogP contribution in [0.4, 0.5) is 0 Å². The largest absolute Gasteiger partial charge is 0.504 e. The summed E-state index contributed by atoms with van der Waals surface area (Å²) in [6.07, 6.45) is 4.78. The number of nitrogens with zero attached hydrogens (tertiary/aromatic N) is 2. The third-order valence-electron chi connectivity index (χ3n) is 2.83. The summed E-state index contributed by atoms with van der Waals surface area (Å²) in [7, 11) is 0. The molecular weight excluding hydrogens is 322 g/mol. The summed E-state index contributed by atoms with van der Waals surface area (Å²) in [6.45, 7) is 0. The van der Waals surface area contributed by atoms with Crippen LogP contribution in [0.3, 0.4) is 0 Å². The van der Waals surface area contributed by atoms with Gasteiger partial charge in [-0.05, 0) is 18.2 Å². The highest BCUT2D eigenvalue weighted by Gasteiger charge is 2.16. The number of benzene rings is 1. The molecule has 0 saturated heterocycles. The van der Waals surface area contributed by atoms with Crippen molar-refractivity contribution in [2.75, 3.05) is 0 Å². The van der Waals surface area contributed by atoms with Gasteiger partial charge in [-0.1, -0.05) is 17.7 Å². The second-order valence-corrected chi connectivity index (χ2v) is 4.86. The molecule has 2 aromatic heterocycles. The third-order valence-corrected chi connectivity index (χ3v) is 3.06. The Labute approximate surface area is 135 Å². The molecule has 23 heavy (non-hydrogen) atoms. The van der Waals surface area contributed by atoms with Crippen molar-refractivity contribution in [2.24, 2.45) is 0 Å². The fraction of sp³-hybridized carbons (Fsp3) is 0. The Hall–Kier alpha value is -3.06. The van der Waals surface area contributed by atoms with Gasteiger partial charge >= 0.3 is 0 Å². The molecule has 0 aliphatic heterocycles. The Morgan fingerprint density at radius 2 is 2.26 bits per heavy atom. The molecule has 7 nitrogen and oxygen atoms in total. The van der Waals surface area contributed by atoms with Gasteiger partial charge in [-0.2, -0.15) is 5.10 Å². The van der Waals surface area contributed by atoms with Crippen LogP contribution in [-0.4, -0.2) is 26.1 Å². The number of rotatable bonds is 5. The van der Waals surface area contributed by atoms with E-state index in [1.807, 2.05) is 0 Å². The van der Waals surface area contributed by atoms with Gasteiger partial charge in [0.15, 0.2) is 17.3 Å². The van der Waals surface area contributed by atoms with Gasteiger partial charge in [0.1, 0.15) is 30.2 Å². The molecule has 2 N–H and O–H groups in total. The van der Waals surface area contributed by atoms with Crippen LogP contribution in [0.2, 0.25) is 5.02 Å². The lowest BCUT2D eigenvalue weighted by atomic mass is 10.2. The van der Waals surface area contributed by atoms with Crippen molar-refractivity contribution < 1.29 is 19.1 Å². The highest BCUT2D eigenvalue weighted by Crippen LogP contribution is 2.28.